The van der Waals surface area contributed by atoms with E-state index in [0.717, 1.165) is 22.0 Å². The second-order valence-electron chi connectivity index (χ2n) is 4.83. The zero-order chi connectivity index (χ0) is 14.5. The van der Waals surface area contributed by atoms with Crippen LogP contribution in [0.25, 0.3) is 0 Å². The summed E-state index contributed by atoms with van der Waals surface area (Å²) in [6.07, 6.45) is 1.44. The van der Waals surface area contributed by atoms with Gasteiger partial charge in [-0.1, -0.05) is 28.1 Å². The Bertz CT molecular complexity index is 549. The van der Waals surface area contributed by atoms with Crippen LogP contribution in [0.5, 0.6) is 0 Å². The first-order chi connectivity index (χ1) is 9.56. The van der Waals surface area contributed by atoms with E-state index in [1.807, 2.05) is 6.07 Å². The quantitative estimate of drug-likeness (QED) is 0.630. The Morgan fingerprint density at radius 1 is 0.900 bits per heavy atom. The monoisotopic (exact) mass is 358 g/mol. The van der Waals surface area contributed by atoms with Gasteiger partial charge in [-0.15, -0.1) is 11.6 Å². The van der Waals surface area contributed by atoms with Gasteiger partial charge < -0.3 is 0 Å². The Labute approximate surface area is 130 Å². The summed E-state index contributed by atoms with van der Waals surface area (Å²) < 4.78 is 26.9. The molecule has 4 heteroatoms. The van der Waals surface area contributed by atoms with Gasteiger partial charge in [0.25, 0.3) is 0 Å². The minimum Gasteiger partial charge on any atom is -0.207 e. The van der Waals surface area contributed by atoms with Gasteiger partial charge >= 0.3 is 0 Å². The average Bonchev–Trinajstić information content (AvgIpc) is 2.39. The number of hydrogen-bond donors (Lipinski definition) is 0. The van der Waals surface area contributed by atoms with Crippen LogP contribution in [-0.2, 0) is 12.8 Å². The highest BCUT2D eigenvalue weighted by Gasteiger charge is 2.11. The largest absolute Gasteiger partial charge is 0.207 e. The molecule has 0 saturated heterocycles. The zero-order valence-electron chi connectivity index (χ0n) is 10.8. The highest BCUT2D eigenvalue weighted by molar-refractivity contribution is 9.10. The van der Waals surface area contributed by atoms with Crippen LogP contribution in [0.1, 0.15) is 11.1 Å². The van der Waals surface area contributed by atoms with Gasteiger partial charge in [-0.25, -0.2) is 8.78 Å². The summed E-state index contributed by atoms with van der Waals surface area (Å²) in [6.45, 7) is 0. The maximum atomic E-state index is 13.3. The molecule has 0 spiro atoms. The molecule has 20 heavy (non-hydrogen) atoms. The second-order valence-corrected chi connectivity index (χ2v) is 6.06. The number of alkyl halides is 1. The van der Waals surface area contributed by atoms with E-state index in [0.29, 0.717) is 12.3 Å². The molecule has 0 aliphatic rings. The molecule has 0 heterocycles. The van der Waals surface area contributed by atoms with E-state index in [2.05, 4.69) is 15.9 Å². The van der Waals surface area contributed by atoms with E-state index in [1.165, 1.54) is 24.3 Å². The molecule has 0 radical (unpaired) electrons. The van der Waals surface area contributed by atoms with Gasteiger partial charge in [-0.05, 0) is 60.2 Å². The van der Waals surface area contributed by atoms with Crippen molar-refractivity contribution in [3.8, 4) is 0 Å². The maximum Gasteiger partial charge on any atom is 0.124 e. The first-order valence-corrected chi connectivity index (χ1v) is 7.65. The molecular formula is C16H14BrClF2. The third-order valence-electron chi connectivity index (χ3n) is 3.10. The Hall–Kier alpha value is -0.930. The van der Waals surface area contributed by atoms with Crippen LogP contribution in [-0.4, -0.2) is 5.88 Å². The molecule has 0 bridgehead atoms. The summed E-state index contributed by atoms with van der Waals surface area (Å²) in [5.74, 6) is 0.163. The molecule has 2 aromatic carbocycles. The molecule has 0 aliphatic carbocycles. The standard InChI is InChI=1S/C16H14BrClF2/c17-14-7-12(8-16(20)9-14)6-13(10-18)5-11-1-3-15(19)4-2-11/h1-4,7-9,13H,5-6,10H2. The first kappa shape index (κ1) is 15.5. The van der Waals surface area contributed by atoms with Gasteiger partial charge in [0.2, 0.25) is 0 Å². The van der Waals surface area contributed by atoms with Gasteiger partial charge in [0.1, 0.15) is 11.6 Å². The molecule has 0 saturated carbocycles. The van der Waals surface area contributed by atoms with Crippen molar-refractivity contribution in [2.75, 3.05) is 5.88 Å². The number of benzene rings is 2. The van der Waals surface area contributed by atoms with E-state index in [4.69, 9.17) is 11.6 Å². The van der Waals surface area contributed by atoms with Crippen molar-refractivity contribution in [2.24, 2.45) is 5.92 Å². The number of halogens is 4. The third kappa shape index (κ3) is 4.57. The number of hydrogen-bond acceptors (Lipinski definition) is 0. The second kappa shape index (κ2) is 7.19. The van der Waals surface area contributed by atoms with Gasteiger partial charge in [0.05, 0.1) is 0 Å². The van der Waals surface area contributed by atoms with Crippen LogP contribution in [0.15, 0.2) is 46.9 Å². The highest BCUT2D eigenvalue weighted by Crippen LogP contribution is 2.21. The van der Waals surface area contributed by atoms with E-state index in [1.54, 1.807) is 12.1 Å². The first-order valence-electron chi connectivity index (χ1n) is 6.32. The third-order valence-corrected chi connectivity index (χ3v) is 4.00. The fraction of sp³-hybridized carbons (Fsp3) is 0.250. The van der Waals surface area contributed by atoms with E-state index >= 15 is 0 Å². The van der Waals surface area contributed by atoms with Crippen molar-refractivity contribution in [1.82, 2.24) is 0 Å². The van der Waals surface area contributed by atoms with Crippen molar-refractivity contribution in [2.45, 2.75) is 12.8 Å². The van der Waals surface area contributed by atoms with E-state index < -0.39 is 0 Å². The molecule has 0 N–H and O–H groups in total. The molecule has 0 nitrogen and oxygen atoms in total. The molecule has 2 rings (SSSR count). The Kier molecular flexibility index (Phi) is 5.55. The molecule has 0 amide bonds. The molecule has 0 fully saturated rings. The summed E-state index contributed by atoms with van der Waals surface area (Å²) in [5.41, 5.74) is 1.94. The molecular weight excluding hydrogens is 346 g/mol. The fourth-order valence-corrected chi connectivity index (χ4v) is 2.93. The van der Waals surface area contributed by atoms with Crippen molar-refractivity contribution in [3.63, 3.8) is 0 Å². The van der Waals surface area contributed by atoms with Crippen molar-refractivity contribution in [3.05, 3.63) is 69.7 Å². The normalized spacial score (nSPS) is 12.4. The van der Waals surface area contributed by atoms with E-state index in [-0.39, 0.29) is 17.6 Å². The van der Waals surface area contributed by atoms with Crippen molar-refractivity contribution >= 4 is 27.5 Å². The number of rotatable bonds is 5. The molecule has 1 atom stereocenters. The van der Waals surface area contributed by atoms with Crippen LogP contribution in [0.4, 0.5) is 8.78 Å². The highest BCUT2D eigenvalue weighted by atomic mass is 79.9. The van der Waals surface area contributed by atoms with Crippen molar-refractivity contribution < 1.29 is 8.78 Å². The lowest BCUT2D eigenvalue weighted by Crippen LogP contribution is -2.10. The molecule has 1 unspecified atom stereocenters. The Morgan fingerprint density at radius 2 is 1.55 bits per heavy atom. The predicted octanol–water partition coefficient (Wildman–Crippen LogP) is 5.37. The van der Waals surface area contributed by atoms with Crippen molar-refractivity contribution in [1.29, 1.82) is 0 Å². The topological polar surface area (TPSA) is 0 Å². The Morgan fingerprint density at radius 3 is 2.15 bits per heavy atom. The van der Waals surface area contributed by atoms with Crippen LogP contribution < -0.4 is 0 Å². The summed E-state index contributed by atoms with van der Waals surface area (Å²) in [5, 5.41) is 0. The minimum absolute atomic E-state index is 0.191. The lowest BCUT2D eigenvalue weighted by atomic mass is 9.94. The van der Waals surface area contributed by atoms with Crippen LogP contribution in [0, 0.1) is 17.6 Å². The summed E-state index contributed by atoms with van der Waals surface area (Å²) in [4.78, 5) is 0. The van der Waals surface area contributed by atoms with Gasteiger partial charge in [-0.2, -0.15) is 0 Å². The smallest absolute Gasteiger partial charge is 0.124 e. The average molecular weight is 360 g/mol. The molecule has 106 valence electrons. The predicted molar refractivity (Wildman–Crippen MR) is 82.1 cm³/mol. The van der Waals surface area contributed by atoms with Crippen LogP contribution in [0.3, 0.4) is 0 Å². The van der Waals surface area contributed by atoms with Gasteiger partial charge in [-0.3, -0.25) is 0 Å². The lowest BCUT2D eigenvalue weighted by Gasteiger charge is -2.14. The van der Waals surface area contributed by atoms with E-state index in [9.17, 15) is 8.78 Å². The maximum absolute atomic E-state index is 13.3. The molecule has 2 aromatic rings. The summed E-state index contributed by atoms with van der Waals surface area (Å²) >= 11 is 9.28. The SMILES string of the molecule is Fc1ccc(CC(CCl)Cc2cc(F)cc(Br)c2)cc1. The molecule has 0 aromatic heterocycles. The Balaban J connectivity index is 2.06. The summed E-state index contributed by atoms with van der Waals surface area (Å²) in [7, 11) is 0. The lowest BCUT2D eigenvalue weighted by molar-refractivity contribution is 0.574. The molecule has 0 aliphatic heterocycles. The summed E-state index contributed by atoms with van der Waals surface area (Å²) in [6, 6.07) is 11.3. The minimum atomic E-state index is -0.260. The zero-order valence-corrected chi connectivity index (χ0v) is 13.1. The van der Waals surface area contributed by atoms with Crippen LogP contribution >= 0.6 is 27.5 Å². The van der Waals surface area contributed by atoms with Gasteiger partial charge in [0, 0.05) is 10.4 Å². The van der Waals surface area contributed by atoms with Gasteiger partial charge in [0.15, 0.2) is 0 Å². The van der Waals surface area contributed by atoms with Crippen LogP contribution in [0.2, 0.25) is 0 Å². The fourth-order valence-electron chi connectivity index (χ4n) is 2.20.